The van der Waals surface area contributed by atoms with Gasteiger partial charge in [0.15, 0.2) is 0 Å². The third-order valence-electron chi connectivity index (χ3n) is 8.02. The van der Waals surface area contributed by atoms with Crippen molar-refractivity contribution in [3.8, 4) is 11.5 Å². The molecular formula is C30H42N4O7S. The maximum atomic E-state index is 13.7. The lowest BCUT2D eigenvalue weighted by molar-refractivity contribution is 0.0366. The molecular weight excluding hydrogens is 560 g/mol. The summed E-state index contributed by atoms with van der Waals surface area (Å²) in [6, 6.07) is 10.0. The van der Waals surface area contributed by atoms with E-state index in [1.54, 1.807) is 42.0 Å². The van der Waals surface area contributed by atoms with Crippen LogP contribution in [0.2, 0.25) is 0 Å². The second-order valence-corrected chi connectivity index (χ2v) is 13.0. The predicted octanol–water partition coefficient (Wildman–Crippen LogP) is 3.69. The number of likely N-dealkylation sites (N-methyl/N-ethyl adjacent to an activating group) is 1. The molecule has 0 radical (unpaired) electrons. The number of aliphatic hydroxyl groups excluding tert-OH is 1. The van der Waals surface area contributed by atoms with Gasteiger partial charge in [0.1, 0.15) is 17.6 Å². The Morgan fingerprint density at radius 2 is 1.86 bits per heavy atom. The lowest BCUT2D eigenvalue weighted by atomic mass is 9.96. The molecule has 3 amide bonds. The molecule has 0 bridgehead atoms. The van der Waals surface area contributed by atoms with Gasteiger partial charge in [-0.1, -0.05) is 26.2 Å². The number of urea groups is 1. The molecule has 2 aliphatic rings. The zero-order valence-corrected chi connectivity index (χ0v) is 25.5. The summed E-state index contributed by atoms with van der Waals surface area (Å²) < 4.78 is 40.1. The Morgan fingerprint density at radius 3 is 2.50 bits per heavy atom. The van der Waals surface area contributed by atoms with Gasteiger partial charge in [-0.3, -0.25) is 9.52 Å². The van der Waals surface area contributed by atoms with Crippen LogP contribution in [0.15, 0.2) is 47.4 Å². The van der Waals surface area contributed by atoms with Crippen LogP contribution < -0.4 is 19.5 Å². The molecule has 0 saturated heterocycles. The van der Waals surface area contributed by atoms with Gasteiger partial charge in [0.05, 0.1) is 36.8 Å². The minimum Gasteiger partial charge on any atom is -0.497 e. The second-order valence-electron chi connectivity index (χ2n) is 11.3. The number of anilines is 1. The summed E-state index contributed by atoms with van der Waals surface area (Å²) in [4.78, 5) is 29.9. The van der Waals surface area contributed by atoms with E-state index in [-0.39, 0.29) is 65.5 Å². The first-order valence-corrected chi connectivity index (χ1v) is 15.9. The number of carbonyl (C=O) groups excluding carboxylic acids is 2. The molecule has 1 saturated carbocycles. The van der Waals surface area contributed by atoms with Gasteiger partial charge in [0, 0.05) is 31.2 Å². The minimum absolute atomic E-state index is 0.0385. The maximum Gasteiger partial charge on any atom is 0.317 e. The van der Waals surface area contributed by atoms with E-state index in [4.69, 9.17) is 9.47 Å². The number of fused-ring (bicyclic) bond motifs is 1. The fourth-order valence-corrected chi connectivity index (χ4v) is 6.41. The fourth-order valence-electron chi connectivity index (χ4n) is 5.36. The van der Waals surface area contributed by atoms with Crippen molar-refractivity contribution < 1.29 is 32.6 Å². The van der Waals surface area contributed by atoms with Crippen LogP contribution in [0.3, 0.4) is 0 Å². The molecule has 0 spiro atoms. The van der Waals surface area contributed by atoms with Gasteiger partial charge in [-0.05, 0) is 62.2 Å². The quantitative estimate of drug-likeness (QED) is 0.398. The standard InChI is InChI=1S/C30H42N4O7S/c1-20-17-34(21(2)19-35)29(36)26-16-23(32-42(38,39)25-13-11-24(40-4)12-14-25)10-15-27(26)41-28(20)18-33(3)30(37)31-22-8-6-5-7-9-22/h10-16,20-22,28,32,35H,5-9,17-19H2,1-4H3,(H,31,37)/t20-,21+,28-/m0/s1. The van der Waals surface area contributed by atoms with Crippen LogP contribution in [-0.4, -0.2) is 87.3 Å². The molecule has 12 heteroatoms. The Balaban J connectivity index is 1.58. The number of hydrogen-bond donors (Lipinski definition) is 3. The van der Waals surface area contributed by atoms with E-state index >= 15 is 0 Å². The number of benzene rings is 2. The summed E-state index contributed by atoms with van der Waals surface area (Å²) in [6.45, 7) is 4.02. The Morgan fingerprint density at radius 1 is 1.17 bits per heavy atom. The molecule has 42 heavy (non-hydrogen) atoms. The zero-order valence-electron chi connectivity index (χ0n) is 24.7. The van der Waals surface area contributed by atoms with Crippen molar-refractivity contribution in [1.82, 2.24) is 15.1 Å². The van der Waals surface area contributed by atoms with Gasteiger partial charge in [0.2, 0.25) is 0 Å². The van der Waals surface area contributed by atoms with Crippen molar-refractivity contribution in [1.29, 1.82) is 0 Å². The van der Waals surface area contributed by atoms with Gasteiger partial charge in [-0.15, -0.1) is 0 Å². The average molecular weight is 603 g/mol. The summed E-state index contributed by atoms with van der Waals surface area (Å²) in [6.07, 6.45) is 4.91. The molecule has 1 fully saturated rings. The molecule has 0 aromatic heterocycles. The van der Waals surface area contributed by atoms with E-state index in [0.29, 0.717) is 5.75 Å². The number of nitrogens with one attached hydrogen (secondary N) is 2. The third-order valence-corrected chi connectivity index (χ3v) is 9.42. The molecule has 11 nitrogen and oxygen atoms in total. The lowest BCUT2D eigenvalue weighted by Gasteiger charge is -2.38. The number of rotatable bonds is 9. The smallest absolute Gasteiger partial charge is 0.317 e. The second kappa shape index (κ2) is 13.6. The minimum atomic E-state index is -3.95. The molecule has 1 aliphatic carbocycles. The number of hydrogen-bond acceptors (Lipinski definition) is 7. The normalized spacial score (nSPS) is 20.4. The van der Waals surface area contributed by atoms with Crippen molar-refractivity contribution in [3.05, 3.63) is 48.0 Å². The average Bonchev–Trinajstić information content (AvgIpc) is 2.99. The van der Waals surface area contributed by atoms with Gasteiger partial charge >= 0.3 is 6.03 Å². The summed E-state index contributed by atoms with van der Waals surface area (Å²) in [5, 5.41) is 13.0. The number of methoxy groups -OCH3 is 1. The largest absolute Gasteiger partial charge is 0.497 e. The SMILES string of the molecule is COc1ccc(S(=O)(=O)Nc2ccc3c(c2)C(=O)N([C@H](C)CO)C[C@H](C)[C@H](CN(C)C(=O)NC2CCCCC2)O3)cc1. The van der Waals surface area contributed by atoms with E-state index < -0.39 is 22.2 Å². The van der Waals surface area contributed by atoms with E-state index in [2.05, 4.69) is 10.0 Å². The topological polar surface area (TPSA) is 138 Å². The van der Waals surface area contributed by atoms with Gasteiger partial charge in [0.25, 0.3) is 15.9 Å². The van der Waals surface area contributed by atoms with Crippen molar-refractivity contribution in [2.24, 2.45) is 5.92 Å². The van der Waals surface area contributed by atoms with E-state index in [0.717, 1.165) is 25.7 Å². The third kappa shape index (κ3) is 7.46. The van der Waals surface area contributed by atoms with E-state index in [1.165, 1.54) is 37.8 Å². The molecule has 1 aliphatic heterocycles. The Hall–Kier alpha value is -3.51. The summed E-state index contributed by atoms with van der Waals surface area (Å²) >= 11 is 0. The Kier molecular flexibility index (Phi) is 10.2. The molecule has 3 N–H and O–H groups in total. The highest BCUT2D eigenvalue weighted by Crippen LogP contribution is 2.31. The van der Waals surface area contributed by atoms with Crippen molar-refractivity contribution >= 4 is 27.6 Å². The number of sulfonamides is 1. The number of ether oxygens (including phenoxy) is 2. The predicted molar refractivity (Wildman–Crippen MR) is 159 cm³/mol. The van der Waals surface area contributed by atoms with E-state index in [1.807, 2.05) is 6.92 Å². The van der Waals surface area contributed by atoms with E-state index in [9.17, 15) is 23.1 Å². The first kappa shape index (κ1) is 31.4. The molecule has 230 valence electrons. The monoisotopic (exact) mass is 602 g/mol. The Labute approximate surface area is 248 Å². The fraction of sp³-hybridized carbons (Fsp3) is 0.533. The number of carbonyl (C=O) groups is 2. The summed E-state index contributed by atoms with van der Waals surface area (Å²) in [5.41, 5.74) is 0.351. The number of amides is 3. The van der Waals surface area contributed by atoms with Gasteiger partial charge in [-0.25, -0.2) is 13.2 Å². The Bertz CT molecular complexity index is 1350. The van der Waals surface area contributed by atoms with Crippen LogP contribution in [0.1, 0.15) is 56.3 Å². The highest BCUT2D eigenvalue weighted by molar-refractivity contribution is 7.92. The molecule has 3 atom stereocenters. The van der Waals surface area contributed by atoms with Gasteiger partial charge < -0.3 is 29.7 Å². The van der Waals surface area contributed by atoms with Crippen LogP contribution in [0.25, 0.3) is 0 Å². The van der Waals surface area contributed by atoms with Crippen molar-refractivity contribution in [3.63, 3.8) is 0 Å². The summed E-state index contributed by atoms with van der Waals surface area (Å²) in [7, 11) is -0.731. The molecule has 2 aromatic carbocycles. The number of aliphatic hydroxyl groups is 1. The summed E-state index contributed by atoms with van der Waals surface area (Å²) in [5.74, 6) is 0.247. The van der Waals surface area contributed by atoms with Crippen LogP contribution >= 0.6 is 0 Å². The van der Waals surface area contributed by atoms with Crippen molar-refractivity contribution in [2.45, 2.75) is 69.0 Å². The first-order chi connectivity index (χ1) is 20.0. The molecule has 4 rings (SSSR count). The highest BCUT2D eigenvalue weighted by atomic mass is 32.2. The van der Waals surface area contributed by atoms with Crippen LogP contribution in [0.5, 0.6) is 11.5 Å². The molecule has 1 heterocycles. The van der Waals surface area contributed by atoms with Gasteiger partial charge in [-0.2, -0.15) is 0 Å². The highest BCUT2D eigenvalue weighted by Gasteiger charge is 2.34. The number of nitrogens with zero attached hydrogens (tertiary/aromatic N) is 2. The van der Waals surface area contributed by atoms with Crippen LogP contribution in [0, 0.1) is 5.92 Å². The first-order valence-electron chi connectivity index (χ1n) is 14.4. The zero-order chi connectivity index (χ0) is 30.4. The molecule has 0 unspecified atom stereocenters. The van der Waals surface area contributed by atoms with Crippen molar-refractivity contribution in [2.75, 3.05) is 38.6 Å². The van der Waals surface area contributed by atoms with Crippen LogP contribution in [-0.2, 0) is 10.0 Å². The lowest BCUT2D eigenvalue weighted by Crippen LogP contribution is -2.52. The maximum absolute atomic E-state index is 13.7. The van der Waals surface area contributed by atoms with Crippen LogP contribution in [0.4, 0.5) is 10.5 Å². The molecule has 2 aromatic rings.